The van der Waals surface area contributed by atoms with Gasteiger partial charge in [0.2, 0.25) is 0 Å². The fourth-order valence-corrected chi connectivity index (χ4v) is 2.65. The zero-order chi connectivity index (χ0) is 18.4. The number of anilines is 1. The molecule has 2 aromatic rings. The third-order valence-corrected chi connectivity index (χ3v) is 4.12. The van der Waals surface area contributed by atoms with Crippen molar-refractivity contribution in [2.75, 3.05) is 19.5 Å². The van der Waals surface area contributed by atoms with Gasteiger partial charge in [-0.15, -0.1) is 0 Å². The first kappa shape index (κ1) is 18.6. The molecule has 1 amide bonds. The molecule has 0 radical (unpaired) electrons. The third-order valence-electron chi connectivity index (χ3n) is 3.29. The van der Waals surface area contributed by atoms with Gasteiger partial charge in [-0.2, -0.15) is 5.26 Å². The molecule has 0 aliphatic carbocycles. The van der Waals surface area contributed by atoms with E-state index in [9.17, 15) is 15.2 Å². The molecule has 6 nitrogen and oxygen atoms in total. The molecule has 2 aromatic carbocycles. The quantitative estimate of drug-likeness (QED) is 0.413. The Labute approximate surface area is 158 Å². The van der Waals surface area contributed by atoms with Crippen LogP contribution in [0, 0.1) is 14.9 Å². The highest BCUT2D eigenvalue weighted by Gasteiger charge is 2.12. The number of nitrogens with zero attached hydrogens (tertiary/aromatic N) is 1. The van der Waals surface area contributed by atoms with Crippen LogP contribution in [0.3, 0.4) is 0 Å². The summed E-state index contributed by atoms with van der Waals surface area (Å²) < 4.78 is 10.7. The summed E-state index contributed by atoms with van der Waals surface area (Å²) in [7, 11) is 2.98. The van der Waals surface area contributed by atoms with Crippen molar-refractivity contribution in [1.29, 1.82) is 5.26 Å². The Hall–Kier alpha value is -2.73. The van der Waals surface area contributed by atoms with Crippen LogP contribution in [0.1, 0.15) is 5.56 Å². The number of aromatic hydroxyl groups is 1. The largest absolute Gasteiger partial charge is 0.504 e. The van der Waals surface area contributed by atoms with Crippen LogP contribution >= 0.6 is 22.6 Å². The van der Waals surface area contributed by atoms with Crippen molar-refractivity contribution in [3.8, 4) is 23.3 Å². The number of nitriles is 1. The average Bonchev–Trinajstić information content (AvgIpc) is 2.62. The van der Waals surface area contributed by atoms with E-state index in [0.717, 1.165) is 0 Å². The Morgan fingerprint density at radius 2 is 1.92 bits per heavy atom. The number of hydrogen-bond donors (Lipinski definition) is 2. The zero-order valence-corrected chi connectivity index (χ0v) is 15.7. The first-order valence-corrected chi connectivity index (χ1v) is 8.20. The van der Waals surface area contributed by atoms with E-state index in [2.05, 4.69) is 5.32 Å². The number of phenols is 1. The van der Waals surface area contributed by atoms with E-state index in [0.29, 0.717) is 20.6 Å². The Kier molecular flexibility index (Phi) is 6.25. The van der Waals surface area contributed by atoms with Crippen LogP contribution in [0.4, 0.5) is 5.69 Å². The van der Waals surface area contributed by atoms with Crippen LogP contribution < -0.4 is 14.8 Å². The molecule has 25 heavy (non-hydrogen) atoms. The van der Waals surface area contributed by atoms with Gasteiger partial charge in [-0.1, -0.05) is 0 Å². The van der Waals surface area contributed by atoms with Gasteiger partial charge >= 0.3 is 0 Å². The lowest BCUT2D eigenvalue weighted by atomic mass is 10.1. The lowest BCUT2D eigenvalue weighted by Gasteiger charge is -2.08. The van der Waals surface area contributed by atoms with Gasteiger partial charge in [-0.3, -0.25) is 4.79 Å². The predicted molar refractivity (Wildman–Crippen MR) is 103 cm³/mol. The number of amides is 1. The molecular formula is C18H15IN2O4. The van der Waals surface area contributed by atoms with Crippen molar-refractivity contribution in [2.45, 2.75) is 0 Å². The highest BCUT2D eigenvalue weighted by molar-refractivity contribution is 14.1. The number of ether oxygens (including phenoxy) is 2. The Morgan fingerprint density at radius 3 is 2.48 bits per heavy atom. The van der Waals surface area contributed by atoms with Crippen LogP contribution in [0.25, 0.3) is 6.08 Å². The molecule has 2 N–H and O–H groups in total. The molecule has 0 fully saturated rings. The second kappa shape index (κ2) is 8.39. The van der Waals surface area contributed by atoms with E-state index in [4.69, 9.17) is 9.47 Å². The number of carbonyl (C=O) groups is 1. The van der Waals surface area contributed by atoms with Crippen LogP contribution in [0.2, 0.25) is 0 Å². The fraction of sp³-hybridized carbons (Fsp3) is 0.111. The standard InChI is InChI=1S/C18H15IN2O4/c1-24-14-5-3-13(4-6-14)21-18(23)12(10-20)7-11-8-15(19)17(22)16(9-11)25-2/h3-9,22H,1-2H3,(H,21,23). The molecule has 0 atom stereocenters. The van der Waals surface area contributed by atoms with E-state index >= 15 is 0 Å². The summed E-state index contributed by atoms with van der Waals surface area (Å²) in [6, 6.07) is 11.9. The van der Waals surface area contributed by atoms with Crippen molar-refractivity contribution >= 4 is 40.3 Å². The monoisotopic (exact) mass is 450 g/mol. The number of phenolic OH excluding ortho intramolecular Hbond substituents is 1. The lowest BCUT2D eigenvalue weighted by molar-refractivity contribution is -0.112. The maximum Gasteiger partial charge on any atom is 0.266 e. The molecule has 0 heterocycles. The van der Waals surface area contributed by atoms with E-state index in [1.165, 1.54) is 13.2 Å². The summed E-state index contributed by atoms with van der Waals surface area (Å²) in [5, 5.41) is 21.8. The maximum atomic E-state index is 12.3. The Balaban J connectivity index is 2.26. The van der Waals surface area contributed by atoms with E-state index in [-0.39, 0.29) is 17.1 Å². The zero-order valence-electron chi connectivity index (χ0n) is 13.5. The normalized spacial score (nSPS) is 10.7. The summed E-state index contributed by atoms with van der Waals surface area (Å²) in [5.41, 5.74) is 1.05. The molecule has 0 saturated carbocycles. The number of hydrogen-bond acceptors (Lipinski definition) is 5. The van der Waals surface area contributed by atoms with Gasteiger partial charge in [-0.25, -0.2) is 0 Å². The third kappa shape index (κ3) is 4.64. The van der Waals surface area contributed by atoms with Crippen molar-refractivity contribution in [3.05, 3.63) is 51.1 Å². The molecule has 0 aromatic heterocycles. The minimum atomic E-state index is -0.533. The van der Waals surface area contributed by atoms with Crippen molar-refractivity contribution < 1.29 is 19.4 Å². The van der Waals surface area contributed by atoms with Gasteiger partial charge in [0.15, 0.2) is 11.5 Å². The van der Waals surface area contributed by atoms with Crippen LogP contribution in [0.5, 0.6) is 17.2 Å². The molecule has 2 rings (SSSR count). The number of carbonyl (C=O) groups excluding carboxylic acids is 1. The molecule has 0 spiro atoms. The topological polar surface area (TPSA) is 91.6 Å². The van der Waals surface area contributed by atoms with E-state index < -0.39 is 5.91 Å². The number of benzene rings is 2. The summed E-state index contributed by atoms with van der Waals surface area (Å²) in [4.78, 5) is 12.3. The van der Waals surface area contributed by atoms with Crippen LogP contribution in [0.15, 0.2) is 42.0 Å². The predicted octanol–water partition coefficient (Wildman–Crippen LogP) is 3.56. The molecule has 7 heteroatoms. The smallest absolute Gasteiger partial charge is 0.266 e. The first-order valence-electron chi connectivity index (χ1n) is 7.12. The molecule has 0 saturated heterocycles. The fourth-order valence-electron chi connectivity index (χ4n) is 2.02. The number of rotatable bonds is 5. The second-order valence-electron chi connectivity index (χ2n) is 4.91. The molecule has 0 unspecified atom stereocenters. The first-order chi connectivity index (χ1) is 12.0. The highest BCUT2D eigenvalue weighted by atomic mass is 127. The molecule has 0 aliphatic rings. The van der Waals surface area contributed by atoms with Crippen molar-refractivity contribution in [3.63, 3.8) is 0 Å². The van der Waals surface area contributed by atoms with Gasteiger partial charge in [0.1, 0.15) is 17.4 Å². The van der Waals surface area contributed by atoms with Gasteiger partial charge in [0.25, 0.3) is 5.91 Å². The highest BCUT2D eigenvalue weighted by Crippen LogP contribution is 2.33. The summed E-state index contributed by atoms with van der Waals surface area (Å²) in [5.74, 6) is 0.418. The van der Waals surface area contributed by atoms with E-state index in [1.54, 1.807) is 43.5 Å². The SMILES string of the molecule is COc1ccc(NC(=O)C(C#N)=Cc2cc(I)c(O)c(OC)c2)cc1. The van der Waals surface area contributed by atoms with Gasteiger partial charge < -0.3 is 19.9 Å². The summed E-state index contributed by atoms with van der Waals surface area (Å²) in [6.45, 7) is 0. The Bertz CT molecular complexity index is 855. The van der Waals surface area contributed by atoms with Crippen LogP contribution in [-0.2, 0) is 4.79 Å². The molecular weight excluding hydrogens is 435 g/mol. The molecule has 0 bridgehead atoms. The van der Waals surface area contributed by atoms with Gasteiger partial charge in [0.05, 0.1) is 17.8 Å². The van der Waals surface area contributed by atoms with Crippen molar-refractivity contribution in [1.82, 2.24) is 0 Å². The van der Waals surface area contributed by atoms with Gasteiger partial charge in [-0.05, 0) is 70.6 Å². The maximum absolute atomic E-state index is 12.3. The number of halogens is 1. The van der Waals surface area contributed by atoms with E-state index in [1.807, 2.05) is 28.7 Å². The Morgan fingerprint density at radius 1 is 1.24 bits per heavy atom. The van der Waals surface area contributed by atoms with Crippen molar-refractivity contribution in [2.24, 2.45) is 0 Å². The average molecular weight is 450 g/mol. The summed E-state index contributed by atoms with van der Waals surface area (Å²) >= 11 is 1.95. The number of nitrogens with one attached hydrogen (secondary N) is 1. The number of methoxy groups -OCH3 is 2. The lowest BCUT2D eigenvalue weighted by Crippen LogP contribution is -2.13. The van der Waals surface area contributed by atoms with Gasteiger partial charge in [0, 0.05) is 5.69 Å². The minimum absolute atomic E-state index is 0.0152. The summed E-state index contributed by atoms with van der Waals surface area (Å²) in [6.07, 6.45) is 1.43. The minimum Gasteiger partial charge on any atom is -0.504 e. The second-order valence-corrected chi connectivity index (χ2v) is 6.07. The molecule has 128 valence electrons. The molecule has 0 aliphatic heterocycles. The van der Waals surface area contributed by atoms with Crippen LogP contribution in [-0.4, -0.2) is 25.2 Å².